The Kier molecular flexibility index (Phi) is 3.04. The predicted octanol–water partition coefficient (Wildman–Crippen LogP) is 2.93. The number of ether oxygens (including phenoxy) is 1. The molecule has 1 aromatic carbocycles. The van der Waals surface area contributed by atoms with Crippen LogP contribution in [-0.2, 0) is 18.0 Å². The molecule has 0 fully saturated rings. The monoisotopic (exact) mass is 191 g/mol. The zero-order valence-corrected chi connectivity index (χ0v) is 8.68. The molecule has 0 aromatic heterocycles. The highest BCUT2D eigenvalue weighted by atomic mass is 16.5. The summed E-state index contributed by atoms with van der Waals surface area (Å²) < 4.78 is 5.37. The molecule has 14 heavy (non-hydrogen) atoms. The smallest absolute Gasteiger partial charge is 0.0725 e. The number of unbranched alkanes of at least 4 members (excludes halogenated alkanes) is 1. The number of rotatable bonds is 4. The van der Waals surface area contributed by atoms with Gasteiger partial charge in [0.15, 0.2) is 0 Å². The molecule has 0 unspecified atom stereocenters. The first kappa shape index (κ1) is 9.53. The van der Waals surface area contributed by atoms with E-state index in [1.54, 1.807) is 0 Å². The Morgan fingerprint density at radius 3 is 3.00 bits per heavy atom. The zero-order valence-electron chi connectivity index (χ0n) is 8.68. The molecule has 0 radical (unpaired) electrons. The zero-order chi connectivity index (χ0) is 9.80. The van der Waals surface area contributed by atoms with Gasteiger partial charge in [-0.3, -0.25) is 0 Å². The van der Waals surface area contributed by atoms with E-state index in [0.29, 0.717) is 0 Å². The van der Waals surface area contributed by atoms with Gasteiger partial charge in [0.1, 0.15) is 0 Å². The predicted molar refractivity (Wildman–Crippen MR) is 58.3 cm³/mol. The highest BCUT2D eigenvalue weighted by Crippen LogP contribution is 2.23. The largest absolute Gasteiger partial charge is 0.385 e. The van der Waals surface area contributed by atoms with Crippen LogP contribution in [0, 0.1) is 0 Å². The molecule has 1 aliphatic rings. The van der Waals surface area contributed by atoms with Crippen molar-refractivity contribution in [2.24, 2.45) is 0 Å². The highest BCUT2D eigenvalue weighted by molar-refractivity contribution is 5.49. The van der Waals surface area contributed by atoms with E-state index in [1.165, 1.54) is 29.7 Å². The van der Waals surface area contributed by atoms with E-state index in [-0.39, 0.29) is 0 Å². The van der Waals surface area contributed by atoms with Gasteiger partial charge in [0.25, 0.3) is 0 Å². The van der Waals surface area contributed by atoms with Gasteiger partial charge in [0.2, 0.25) is 0 Å². The normalized spacial score (nSPS) is 14.1. The Morgan fingerprint density at radius 1 is 1.29 bits per heavy atom. The minimum atomic E-state index is 0.776. The first-order valence-corrected chi connectivity index (χ1v) is 5.33. The molecule has 2 rings (SSSR count). The van der Waals surface area contributed by atoms with Gasteiger partial charge in [-0.05, 0) is 29.7 Å². The van der Waals surface area contributed by atoms with Gasteiger partial charge in [-0.15, -0.1) is 0 Å². The molecule has 0 aliphatic carbocycles. The van der Waals surface area contributed by atoms with Crippen LogP contribution in [0.15, 0.2) is 18.2 Å². The molecule has 1 N–H and O–H groups in total. The number of anilines is 1. The van der Waals surface area contributed by atoms with E-state index in [0.717, 1.165) is 19.8 Å². The lowest BCUT2D eigenvalue weighted by Crippen LogP contribution is -2.01. The maximum Gasteiger partial charge on any atom is 0.0725 e. The molecule has 1 heterocycles. The fraction of sp³-hybridized carbons (Fsp3) is 0.500. The van der Waals surface area contributed by atoms with Gasteiger partial charge >= 0.3 is 0 Å². The maximum atomic E-state index is 5.37. The van der Waals surface area contributed by atoms with Crippen molar-refractivity contribution in [1.29, 1.82) is 0 Å². The molecule has 76 valence electrons. The molecular formula is C12H17NO. The standard InChI is InChI=1S/C12H17NO/c1-2-3-6-13-12-5-4-10-8-14-9-11(10)7-12/h4-5,7,13H,2-3,6,8-9H2,1H3. The number of hydrogen-bond donors (Lipinski definition) is 1. The second-order valence-electron chi connectivity index (χ2n) is 3.76. The molecular weight excluding hydrogens is 174 g/mol. The molecule has 0 atom stereocenters. The molecule has 0 spiro atoms. The molecule has 1 aliphatic heterocycles. The summed E-state index contributed by atoms with van der Waals surface area (Å²) in [6.07, 6.45) is 2.47. The van der Waals surface area contributed by atoms with Gasteiger partial charge < -0.3 is 10.1 Å². The van der Waals surface area contributed by atoms with Crippen LogP contribution in [0.1, 0.15) is 30.9 Å². The van der Waals surface area contributed by atoms with Crippen LogP contribution in [0.2, 0.25) is 0 Å². The summed E-state index contributed by atoms with van der Waals surface area (Å²) in [7, 11) is 0. The van der Waals surface area contributed by atoms with Crippen molar-refractivity contribution < 1.29 is 4.74 Å². The average Bonchev–Trinajstić information content (AvgIpc) is 2.65. The molecule has 0 bridgehead atoms. The second kappa shape index (κ2) is 4.47. The summed E-state index contributed by atoms with van der Waals surface area (Å²) in [5.74, 6) is 0. The minimum absolute atomic E-state index is 0.776. The van der Waals surface area contributed by atoms with Crippen molar-refractivity contribution in [3.05, 3.63) is 29.3 Å². The molecule has 0 saturated carbocycles. The summed E-state index contributed by atoms with van der Waals surface area (Å²) in [5, 5.41) is 3.42. The van der Waals surface area contributed by atoms with E-state index >= 15 is 0 Å². The fourth-order valence-electron chi connectivity index (χ4n) is 1.69. The Balaban J connectivity index is 1.98. The number of benzene rings is 1. The van der Waals surface area contributed by atoms with E-state index in [2.05, 4.69) is 30.4 Å². The van der Waals surface area contributed by atoms with Gasteiger partial charge in [-0.2, -0.15) is 0 Å². The third-order valence-electron chi connectivity index (χ3n) is 2.58. The topological polar surface area (TPSA) is 21.3 Å². The van der Waals surface area contributed by atoms with Crippen molar-refractivity contribution in [1.82, 2.24) is 0 Å². The summed E-state index contributed by atoms with van der Waals surface area (Å²) >= 11 is 0. The molecule has 1 aromatic rings. The lowest BCUT2D eigenvalue weighted by Gasteiger charge is -2.06. The summed E-state index contributed by atoms with van der Waals surface area (Å²) in [6, 6.07) is 6.51. The third kappa shape index (κ3) is 2.07. The molecule has 2 nitrogen and oxygen atoms in total. The average molecular weight is 191 g/mol. The first-order chi connectivity index (χ1) is 6.90. The van der Waals surface area contributed by atoms with Gasteiger partial charge in [0, 0.05) is 12.2 Å². The Labute approximate surface area is 85.3 Å². The van der Waals surface area contributed by atoms with Crippen LogP contribution in [0.4, 0.5) is 5.69 Å². The van der Waals surface area contributed by atoms with Crippen molar-refractivity contribution in [3.8, 4) is 0 Å². The molecule has 0 saturated heterocycles. The lowest BCUT2D eigenvalue weighted by molar-refractivity contribution is 0.134. The van der Waals surface area contributed by atoms with E-state index < -0.39 is 0 Å². The van der Waals surface area contributed by atoms with Crippen LogP contribution < -0.4 is 5.32 Å². The lowest BCUT2D eigenvalue weighted by atomic mass is 10.1. The van der Waals surface area contributed by atoms with Crippen LogP contribution in [0.5, 0.6) is 0 Å². The highest BCUT2D eigenvalue weighted by Gasteiger charge is 2.10. The second-order valence-corrected chi connectivity index (χ2v) is 3.76. The number of hydrogen-bond acceptors (Lipinski definition) is 2. The number of fused-ring (bicyclic) bond motifs is 1. The molecule has 0 amide bonds. The molecule has 2 heteroatoms. The van der Waals surface area contributed by atoms with Crippen molar-refractivity contribution in [2.75, 3.05) is 11.9 Å². The van der Waals surface area contributed by atoms with E-state index in [1.807, 2.05) is 0 Å². The minimum Gasteiger partial charge on any atom is -0.385 e. The maximum absolute atomic E-state index is 5.37. The number of nitrogens with one attached hydrogen (secondary N) is 1. The van der Waals surface area contributed by atoms with Gasteiger partial charge in [0.05, 0.1) is 13.2 Å². The van der Waals surface area contributed by atoms with E-state index in [9.17, 15) is 0 Å². The quantitative estimate of drug-likeness (QED) is 0.739. The third-order valence-corrected chi connectivity index (χ3v) is 2.58. The van der Waals surface area contributed by atoms with Gasteiger partial charge in [-0.25, -0.2) is 0 Å². The van der Waals surface area contributed by atoms with Crippen molar-refractivity contribution >= 4 is 5.69 Å². The van der Waals surface area contributed by atoms with Crippen molar-refractivity contribution in [2.45, 2.75) is 33.0 Å². The van der Waals surface area contributed by atoms with E-state index in [4.69, 9.17) is 4.74 Å². The van der Waals surface area contributed by atoms with Crippen LogP contribution >= 0.6 is 0 Å². The van der Waals surface area contributed by atoms with Crippen LogP contribution in [-0.4, -0.2) is 6.54 Å². The Hall–Kier alpha value is -1.02. The van der Waals surface area contributed by atoms with Gasteiger partial charge in [-0.1, -0.05) is 19.4 Å². The summed E-state index contributed by atoms with van der Waals surface area (Å²) in [6.45, 7) is 4.83. The summed E-state index contributed by atoms with van der Waals surface area (Å²) in [4.78, 5) is 0. The van der Waals surface area contributed by atoms with Crippen LogP contribution in [0.25, 0.3) is 0 Å². The van der Waals surface area contributed by atoms with Crippen LogP contribution in [0.3, 0.4) is 0 Å². The van der Waals surface area contributed by atoms with Crippen molar-refractivity contribution in [3.63, 3.8) is 0 Å². The first-order valence-electron chi connectivity index (χ1n) is 5.33. The SMILES string of the molecule is CCCCNc1ccc2c(c1)COC2. The summed E-state index contributed by atoms with van der Waals surface area (Å²) in [5.41, 5.74) is 3.90. The Bertz CT molecular complexity index is 309. The fourth-order valence-corrected chi connectivity index (χ4v) is 1.69. The Morgan fingerprint density at radius 2 is 2.14 bits per heavy atom.